The van der Waals surface area contributed by atoms with Gasteiger partial charge in [0.1, 0.15) is 17.6 Å². The molecule has 0 aliphatic heterocycles. The summed E-state index contributed by atoms with van der Waals surface area (Å²) in [5.74, 6) is -3.21. The van der Waals surface area contributed by atoms with Gasteiger partial charge in [-0.1, -0.05) is 24.3 Å². The Kier molecular flexibility index (Phi) is 4.01. The summed E-state index contributed by atoms with van der Waals surface area (Å²) in [6.07, 6.45) is 1.06. The lowest BCUT2D eigenvalue weighted by Crippen LogP contribution is -2.08. The van der Waals surface area contributed by atoms with Gasteiger partial charge in [0, 0.05) is 5.56 Å². The first-order valence-electron chi connectivity index (χ1n) is 6.76. The van der Waals surface area contributed by atoms with E-state index in [1.807, 2.05) is 0 Å². The summed E-state index contributed by atoms with van der Waals surface area (Å²) in [7, 11) is 0. The van der Waals surface area contributed by atoms with Gasteiger partial charge in [-0.2, -0.15) is 0 Å². The molecule has 0 fully saturated rings. The summed E-state index contributed by atoms with van der Waals surface area (Å²) in [5, 5.41) is 20.5. The van der Waals surface area contributed by atoms with Crippen molar-refractivity contribution in [1.82, 2.24) is 0 Å². The summed E-state index contributed by atoms with van der Waals surface area (Å²) in [5.41, 5.74) is -0.459. The van der Waals surface area contributed by atoms with E-state index >= 15 is 0 Å². The van der Waals surface area contributed by atoms with Crippen LogP contribution >= 0.6 is 11.3 Å². The van der Waals surface area contributed by atoms with Crippen molar-refractivity contribution in [1.29, 1.82) is 0 Å². The van der Waals surface area contributed by atoms with Crippen molar-refractivity contribution in [2.24, 2.45) is 0 Å². The molecule has 0 aliphatic rings. The van der Waals surface area contributed by atoms with E-state index in [9.17, 15) is 24.6 Å². The van der Waals surface area contributed by atoms with E-state index < -0.39 is 17.7 Å². The molecule has 3 aromatic rings. The maximum Gasteiger partial charge on any atom is 0.340 e. The molecule has 3 rings (SSSR count). The number of ketones is 1. The van der Waals surface area contributed by atoms with Crippen LogP contribution in [0.5, 0.6) is 0 Å². The van der Waals surface area contributed by atoms with E-state index in [-0.39, 0.29) is 28.0 Å². The second kappa shape index (κ2) is 6.13. The highest BCUT2D eigenvalue weighted by Gasteiger charge is 2.28. The largest absolute Gasteiger partial charge is 0.478 e. The number of carbonyl (C=O) groups excluding carboxylic acids is 1. The molecule has 7 heteroatoms. The van der Waals surface area contributed by atoms with Gasteiger partial charge in [0.25, 0.3) is 0 Å². The molecule has 0 amide bonds. The van der Waals surface area contributed by atoms with Gasteiger partial charge >= 0.3 is 11.9 Å². The van der Waals surface area contributed by atoms with E-state index in [2.05, 4.69) is 0 Å². The van der Waals surface area contributed by atoms with Crippen molar-refractivity contribution in [3.63, 3.8) is 0 Å². The van der Waals surface area contributed by atoms with E-state index in [1.54, 1.807) is 23.6 Å². The maximum atomic E-state index is 12.5. The Morgan fingerprint density at radius 1 is 0.917 bits per heavy atom. The fourth-order valence-electron chi connectivity index (χ4n) is 2.34. The molecule has 0 spiro atoms. The number of carboxylic acids is 2. The number of carboxylic acid groups (broad SMARTS) is 2. The minimum atomic E-state index is -1.36. The van der Waals surface area contributed by atoms with Gasteiger partial charge in [-0.15, -0.1) is 11.3 Å². The summed E-state index contributed by atoms with van der Waals surface area (Å²) >= 11 is 1.18. The molecule has 2 heterocycles. The number of benzene rings is 1. The predicted octanol–water partition coefficient (Wildman–Crippen LogP) is 3.64. The van der Waals surface area contributed by atoms with Crippen LogP contribution in [0.4, 0.5) is 0 Å². The van der Waals surface area contributed by atoms with Gasteiger partial charge in [-0.05, 0) is 17.5 Å². The first kappa shape index (κ1) is 15.7. The Bertz CT molecular complexity index is 936. The predicted molar refractivity (Wildman–Crippen MR) is 85.8 cm³/mol. The number of furan rings is 1. The number of hydrogen-bond donors (Lipinski definition) is 2. The van der Waals surface area contributed by atoms with Crippen molar-refractivity contribution in [3.8, 4) is 11.3 Å². The molecule has 0 radical (unpaired) electrons. The van der Waals surface area contributed by atoms with Crippen LogP contribution in [-0.2, 0) is 0 Å². The Morgan fingerprint density at radius 3 is 2.29 bits per heavy atom. The number of rotatable bonds is 5. The lowest BCUT2D eigenvalue weighted by molar-refractivity contribution is 0.0682. The van der Waals surface area contributed by atoms with Gasteiger partial charge in [0.15, 0.2) is 0 Å². The van der Waals surface area contributed by atoms with Crippen molar-refractivity contribution < 1.29 is 29.0 Å². The van der Waals surface area contributed by atoms with Crippen LogP contribution in [0.1, 0.15) is 36.0 Å². The molecule has 2 aromatic heterocycles. The lowest BCUT2D eigenvalue weighted by Gasteiger charge is -2.04. The van der Waals surface area contributed by atoms with Crippen LogP contribution in [0, 0.1) is 0 Å². The van der Waals surface area contributed by atoms with Crippen LogP contribution in [0.25, 0.3) is 11.3 Å². The minimum Gasteiger partial charge on any atom is -0.478 e. The molecule has 0 bridgehead atoms. The molecular weight excluding hydrogens is 332 g/mol. The monoisotopic (exact) mass is 342 g/mol. The van der Waals surface area contributed by atoms with Crippen molar-refractivity contribution >= 4 is 29.1 Å². The fourth-order valence-corrected chi connectivity index (χ4v) is 3.02. The second-order valence-corrected chi connectivity index (χ2v) is 5.76. The Labute approximate surface area is 139 Å². The average Bonchev–Trinajstić information content (AvgIpc) is 3.23. The second-order valence-electron chi connectivity index (χ2n) is 4.82. The molecule has 120 valence electrons. The number of thiophene rings is 1. The minimum absolute atomic E-state index is 0.104. The lowest BCUT2D eigenvalue weighted by atomic mass is 9.99. The summed E-state index contributed by atoms with van der Waals surface area (Å²) in [6.45, 7) is 0. The smallest absolute Gasteiger partial charge is 0.340 e. The maximum absolute atomic E-state index is 12.5. The van der Waals surface area contributed by atoms with Crippen LogP contribution in [0.15, 0.2) is 52.5 Å². The highest BCUT2D eigenvalue weighted by Crippen LogP contribution is 2.32. The zero-order chi connectivity index (χ0) is 17.3. The normalized spacial score (nSPS) is 10.5. The molecular formula is C17H10O6S. The van der Waals surface area contributed by atoms with Gasteiger partial charge in [0.2, 0.25) is 5.78 Å². The zero-order valence-corrected chi connectivity index (χ0v) is 12.9. The quantitative estimate of drug-likeness (QED) is 0.686. The third kappa shape index (κ3) is 2.61. The van der Waals surface area contributed by atoms with Crippen LogP contribution in [0.3, 0.4) is 0 Å². The molecule has 0 saturated heterocycles. The number of carbonyl (C=O) groups is 3. The highest BCUT2D eigenvalue weighted by molar-refractivity contribution is 7.12. The third-order valence-electron chi connectivity index (χ3n) is 3.40. The van der Waals surface area contributed by atoms with Gasteiger partial charge in [0.05, 0.1) is 16.0 Å². The van der Waals surface area contributed by atoms with Crippen LogP contribution < -0.4 is 0 Å². The van der Waals surface area contributed by atoms with Gasteiger partial charge in [-0.25, -0.2) is 9.59 Å². The Morgan fingerprint density at radius 2 is 1.67 bits per heavy atom. The zero-order valence-electron chi connectivity index (χ0n) is 12.1. The molecule has 0 atom stereocenters. The van der Waals surface area contributed by atoms with E-state index in [0.717, 1.165) is 6.26 Å². The molecule has 0 aliphatic carbocycles. The number of hydrogen-bond acceptors (Lipinski definition) is 5. The average molecular weight is 342 g/mol. The first-order chi connectivity index (χ1) is 11.5. The topological polar surface area (TPSA) is 105 Å². The SMILES string of the molecule is O=C(O)c1ccccc1-c1occ(C(=O)c2cccs2)c1C(=O)O. The van der Waals surface area contributed by atoms with Crippen LogP contribution in [0.2, 0.25) is 0 Å². The highest BCUT2D eigenvalue weighted by atomic mass is 32.1. The van der Waals surface area contributed by atoms with Gasteiger partial charge in [-0.3, -0.25) is 4.79 Å². The summed E-state index contributed by atoms with van der Waals surface area (Å²) in [6, 6.07) is 9.13. The van der Waals surface area contributed by atoms with Crippen molar-refractivity contribution in [2.75, 3.05) is 0 Å². The van der Waals surface area contributed by atoms with Crippen LogP contribution in [-0.4, -0.2) is 27.9 Å². The summed E-state index contributed by atoms with van der Waals surface area (Å²) in [4.78, 5) is 35.9. The number of aromatic carboxylic acids is 2. The van der Waals surface area contributed by atoms with Gasteiger partial charge < -0.3 is 14.6 Å². The Balaban J connectivity index is 2.20. The molecule has 6 nitrogen and oxygen atoms in total. The molecule has 0 unspecified atom stereocenters. The standard InChI is InChI=1S/C17H10O6S/c18-14(12-6-3-7-24-12)11-8-23-15(13(11)17(21)22)9-4-1-2-5-10(9)16(19)20/h1-8H,(H,19,20)(H,21,22). The first-order valence-corrected chi connectivity index (χ1v) is 7.64. The fraction of sp³-hybridized carbons (Fsp3) is 0. The molecule has 2 N–H and O–H groups in total. The summed E-state index contributed by atoms with van der Waals surface area (Å²) < 4.78 is 5.29. The molecule has 24 heavy (non-hydrogen) atoms. The third-order valence-corrected chi connectivity index (χ3v) is 4.27. The molecule has 0 saturated carbocycles. The molecule has 1 aromatic carbocycles. The van der Waals surface area contributed by atoms with Crippen molar-refractivity contribution in [2.45, 2.75) is 0 Å². The van der Waals surface area contributed by atoms with E-state index in [0.29, 0.717) is 4.88 Å². The Hall–Kier alpha value is -3.19. The van der Waals surface area contributed by atoms with E-state index in [1.165, 1.54) is 29.5 Å². The van der Waals surface area contributed by atoms with Crippen molar-refractivity contribution in [3.05, 3.63) is 69.6 Å². The van der Waals surface area contributed by atoms with E-state index in [4.69, 9.17) is 4.42 Å².